The van der Waals surface area contributed by atoms with Crippen LogP contribution in [0.3, 0.4) is 0 Å². The second-order valence-electron chi connectivity index (χ2n) is 20.6. The van der Waals surface area contributed by atoms with Crippen LogP contribution >= 0.6 is 7.82 Å². The van der Waals surface area contributed by atoms with Gasteiger partial charge in [0.2, 0.25) is 5.91 Å². The van der Waals surface area contributed by atoms with Crippen LogP contribution in [0.2, 0.25) is 0 Å². The van der Waals surface area contributed by atoms with Crippen molar-refractivity contribution >= 4 is 13.7 Å². The van der Waals surface area contributed by atoms with Gasteiger partial charge in [-0.05, 0) is 44.9 Å². The van der Waals surface area contributed by atoms with Gasteiger partial charge in [0.15, 0.2) is 0 Å². The third kappa shape index (κ3) is 50.7. The van der Waals surface area contributed by atoms with Gasteiger partial charge in [-0.25, -0.2) is 0 Å². The molecule has 3 atom stereocenters. The van der Waals surface area contributed by atoms with E-state index in [4.69, 9.17) is 9.05 Å². The number of phosphoric ester groups is 1. The monoisotopic (exact) mass is 939 g/mol. The lowest BCUT2D eigenvalue weighted by molar-refractivity contribution is -0.870. The molecule has 0 saturated heterocycles. The molecule has 1 amide bonds. The average molecular weight is 939 g/mol. The molecule has 0 aliphatic rings. The molecular weight excluding hydrogens is 828 g/mol. The van der Waals surface area contributed by atoms with E-state index in [2.05, 4.69) is 43.5 Å². The Labute approximate surface area is 404 Å². The molecule has 9 heteroatoms. The second-order valence-corrected chi connectivity index (χ2v) is 22.1. The van der Waals surface area contributed by atoms with Crippen molar-refractivity contribution in [3.8, 4) is 0 Å². The summed E-state index contributed by atoms with van der Waals surface area (Å²) in [6, 6.07) is -0.798. The fourth-order valence-corrected chi connectivity index (χ4v) is 9.21. The number of hydrogen-bond acceptors (Lipinski definition) is 6. The van der Waals surface area contributed by atoms with Crippen LogP contribution in [0.15, 0.2) is 24.3 Å². The summed E-state index contributed by atoms with van der Waals surface area (Å²) in [5.41, 5.74) is 0. The number of nitrogens with zero attached hydrogens (tertiary/aromatic N) is 1. The maximum atomic E-state index is 13.0. The third-order valence-electron chi connectivity index (χ3n) is 12.9. The maximum Gasteiger partial charge on any atom is 0.268 e. The van der Waals surface area contributed by atoms with Gasteiger partial charge >= 0.3 is 0 Å². The Kier molecular flexibility index (Phi) is 47.3. The first-order valence-electron chi connectivity index (χ1n) is 28.2. The molecule has 2 N–H and O–H groups in total. The predicted octanol–water partition coefficient (Wildman–Crippen LogP) is 16.2. The third-order valence-corrected chi connectivity index (χ3v) is 13.9. The summed E-state index contributed by atoms with van der Waals surface area (Å²) in [4.78, 5) is 25.5. The van der Waals surface area contributed by atoms with Crippen LogP contribution in [0.5, 0.6) is 0 Å². The molecule has 386 valence electrons. The van der Waals surface area contributed by atoms with Gasteiger partial charge in [-0.3, -0.25) is 9.36 Å². The Hall–Kier alpha value is -1.02. The van der Waals surface area contributed by atoms with E-state index in [-0.39, 0.29) is 19.1 Å². The van der Waals surface area contributed by atoms with Crippen molar-refractivity contribution in [1.82, 2.24) is 5.32 Å². The van der Waals surface area contributed by atoms with Gasteiger partial charge in [-0.2, -0.15) is 0 Å². The topological polar surface area (TPSA) is 108 Å². The van der Waals surface area contributed by atoms with Gasteiger partial charge in [0, 0.05) is 6.42 Å². The van der Waals surface area contributed by atoms with Gasteiger partial charge in [0.05, 0.1) is 39.9 Å². The molecule has 0 fully saturated rings. The molecule has 0 heterocycles. The molecule has 0 spiro atoms. The van der Waals surface area contributed by atoms with Crippen molar-refractivity contribution in [1.29, 1.82) is 0 Å². The molecule has 0 bridgehead atoms. The van der Waals surface area contributed by atoms with E-state index >= 15 is 0 Å². The highest BCUT2D eigenvalue weighted by atomic mass is 31.2. The zero-order chi connectivity index (χ0) is 47.8. The summed E-state index contributed by atoms with van der Waals surface area (Å²) in [6.45, 7) is 4.74. The van der Waals surface area contributed by atoms with Crippen LogP contribution in [0, 0.1) is 0 Å². The van der Waals surface area contributed by atoms with Gasteiger partial charge < -0.3 is 28.8 Å². The summed E-state index contributed by atoms with van der Waals surface area (Å²) in [6.07, 6.45) is 59.1. The number of carbonyl (C=O) groups is 1. The molecule has 8 nitrogen and oxygen atoms in total. The molecule has 0 aromatic heterocycles. The minimum atomic E-state index is -4.57. The van der Waals surface area contributed by atoms with Gasteiger partial charge in [-0.15, -0.1) is 0 Å². The Morgan fingerprint density at radius 3 is 1.28 bits per heavy atom. The number of carbonyl (C=O) groups excluding carboxylic acids is 1. The van der Waals surface area contributed by atoms with Crippen molar-refractivity contribution in [2.45, 2.75) is 289 Å². The highest BCUT2D eigenvalue weighted by Crippen LogP contribution is 2.38. The summed E-state index contributed by atoms with van der Waals surface area (Å²) in [5, 5.41) is 14.0. The Bertz CT molecular complexity index is 1110. The molecule has 0 saturated carbocycles. The number of likely N-dealkylation sites (N-methyl/N-ethyl adjacent to an activating group) is 1. The Morgan fingerprint density at radius 1 is 0.538 bits per heavy atom. The first-order chi connectivity index (χ1) is 31.5. The molecule has 0 radical (unpaired) electrons. The van der Waals surface area contributed by atoms with Crippen molar-refractivity contribution in [2.24, 2.45) is 0 Å². The first kappa shape index (κ1) is 64.0. The largest absolute Gasteiger partial charge is 0.756 e. The summed E-state index contributed by atoms with van der Waals surface area (Å²) in [7, 11) is 1.32. The Morgan fingerprint density at radius 2 is 0.892 bits per heavy atom. The minimum absolute atomic E-state index is 0.0140. The van der Waals surface area contributed by atoms with Gasteiger partial charge in [0.1, 0.15) is 13.2 Å². The lowest BCUT2D eigenvalue weighted by atomic mass is 10.0. The molecule has 0 aliphatic heterocycles. The smallest absolute Gasteiger partial charge is 0.268 e. The first-order valence-corrected chi connectivity index (χ1v) is 29.6. The number of unbranched alkanes of at least 4 members (excludes halogenated alkanes) is 35. The van der Waals surface area contributed by atoms with Crippen molar-refractivity contribution in [2.75, 3.05) is 40.9 Å². The lowest BCUT2D eigenvalue weighted by Crippen LogP contribution is -2.46. The van der Waals surface area contributed by atoms with Crippen LogP contribution in [0.4, 0.5) is 0 Å². The second kappa shape index (κ2) is 48.0. The Balaban J connectivity index is 4.11. The summed E-state index contributed by atoms with van der Waals surface area (Å²) >= 11 is 0. The zero-order valence-corrected chi connectivity index (χ0v) is 44.9. The van der Waals surface area contributed by atoms with E-state index in [0.717, 1.165) is 44.9 Å². The number of aliphatic hydroxyl groups excluding tert-OH is 1. The number of rotatable bonds is 52. The molecule has 0 aromatic rings. The predicted molar refractivity (Wildman–Crippen MR) is 279 cm³/mol. The van der Waals surface area contributed by atoms with E-state index in [1.54, 1.807) is 0 Å². The molecule has 3 unspecified atom stereocenters. The van der Waals surface area contributed by atoms with Gasteiger partial charge in [0.25, 0.3) is 7.82 Å². The highest BCUT2D eigenvalue weighted by Gasteiger charge is 2.24. The van der Waals surface area contributed by atoms with Crippen molar-refractivity contribution in [3.05, 3.63) is 24.3 Å². The van der Waals surface area contributed by atoms with Gasteiger partial charge in [-0.1, -0.05) is 250 Å². The van der Waals surface area contributed by atoms with E-state index in [1.165, 1.54) is 205 Å². The van der Waals surface area contributed by atoms with E-state index in [0.29, 0.717) is 23.9 Å². The number of quaternary nitrogens is 1. The van der Waals surface area contributed by atoms with Crippen molar-refractivity contribution < 1.29 is 32.9 Å². The molecule has 0 aromatic carbocycles. The summed E-state index contributed by atoms with van der Waals surface area (Å²) < 4.78 is 23.4. The minimum Gasteiger partial charge on any atom is -0.756 e. The average Bonchev–Trinajstić information content (AvgIpc) is 3.26. The molecule has 65 heavy (non-hydrogen) atoms. The normalized spacial score (nSPS) is 14.1. The number of allylic oxidation sites excluding steroid dienone is 4. The van der Waals surface area contributed by atoms with Crippen LogP contribution in [-0.4, -0.2) is 68.5 Å². The van der Waals surface area contributed by atoms with Crippen LogP contribution in [0.25, 0.3) is 0 Å². The fraction of sp³-hybridized carbons (Fsp3) is 0.911. The quantitative estimate of drug-likeness (QED) is 0.0272. The maximum absolute atomic E-state index is 13.0. The van der Waals surface area contributed by atoms with E-state index in [1.807, 2.05) is 21.1 Å². The fourth-order valence-electron chi connectivity index (χ4n) is 8.48. The summed E-state index contributed by atoms with van der Waals surface area (Å²) in [5.74, 6) is -0.161. The van der Waals surface area contributed by atoms with Crippen LogP contribution in [0.1, 0.15) is 277 Å². The number of hydrogen-bond donors (Lipinski definition) is 2. The van der Waals surface area contributed by atoms with Crippen molar-refractivity contribution in [3.63, 3.8) is 0 Å². The van der Waals surface area contributed by atoms with Crippen LogP contribution < -0.4 is 10.2 Å². The zero-order valence-electron chi connectivity index (χ0n) is 44.0. The number of nitrogens with one attached hydrogen (secondary N) is 1. The van der Waals surface area contributed by atoms with Crippen LogP contribution in [-0.2, 0) is 18.4 Å². The molecule has 0 aliphatic carbocycles. The SMILES string of the molecule is CCCCCCC/C=C\C/C=C\CCCCCCCCCCCCCCCCCC(=O)NC(COP(=O)([O-])OCC[N+](C)(C)C)C(O)CCCCCCCCCCCCCCCCCC. The standard InChI is InChI=1S/C56H111N2O6P/c1-6-8-10-12-14-16-18-20-22-24-25-26-27-28-29-30-31-32-33-34-36-38-40-42-44-46-48-50-56(60)57-54(53-64-65(61,62)63-52-51-58(3,4)5)55(59)49-47-45-43-41-39-37-35-23-21-19-17-15-13-11-9-7-2/h18,20,24-25,54-55,59H,6-17,19,21-23,26-53H2,1-5H3,(H-,57,60,61,62)/b20-18-,25-24-. The molecular formula is C56H111N2O6P. The highest BCUT2D eigenvalue weighted by molar-refractivity contribution is 7.45. The number of aliphatic hydroxyl groups is 1. The lowest BCUT2D eigenvalue weighted by Gasteiger charge is -2.30. The number of amides is 1. The van der Waals surface area contributed by atoms with E-state index in [9.17, 15) is 19.4 Å². The number of phosphoric acid groups is 1. The molecule has 0 rings (SSSR count). The van der Waals surface area contributed by atoms with E-state index < -0.39 is 20.0 Å².